The molecule has 1 heterocycles. The highest BCUT2D eigenvalue weighted by atomic mass is 35.5. The number of methoxy groups -OCH3 is 1. The van der Waals surface area contributed by atoms with E-state index in [0.717, 1.165) is 16.7 Å². The van der Waals surface area contributed by atoms with Crippen LogP contribution in [0.1, 0.15) is 11.1 Å². The molecule has 19 heavy (non-hydrogen) atoms. The Bertz CT molecular complexity index is 642. The second-order valence-electron chi connectivity index (χ2n) is 3.79. The maximum atomic E-state index is 8.81. The van der Waals surface area contributed by atoms with E-state index < -0.39 is 0 Å². The molecule has 0 atom stereocenters. The average molecular weight is 271 g/mol. The fourth-order valence-electron chi connectivity index (χ4n) is 1.72. The molecule has 4 heteroatoms. The van der Waals surface area contributed by atoms with Crippen molar-refractivity contribution in [2.24, 2.45) is 0 Å². The fraction of sp³-hybridized carbons (Fsp3) is 0.0667. The summed E-state index contributed by atoms with van der Waals surface area (Å²) in [6, 6.07) is 11.3. The number of pyridine rings is 1. The first-order valence-electron chi connectivity index (χ1n) is 5.60. The predicted molar refractivity (Wildman–Crippen MR) is 75.4 cm³/mol. The highest BCUT2D eigenvalue weighted by Crippen LogP contribution is 2.29. The van der Waals surface area contributed by atoms with Crippen LogP contribution in [0.4, 0.5) is 0 Å². The molecule has 0 saturated heterocycles. The van der Waals surface area contributed by atoms with E-state index in [1.807, 2.05) is 18.2 Å². The lowest BCUT2D eigenvalue weighted by atomic mass is 10.0. The first-order valence-corrected chi connectivity index (χ1v) is 5.98. The van der Waals surface area contributed by atoms with E-state index in [2.05, 4.69) is 11.1 Å². The quantitative estimate of drug-likeness (QED) is 0.628. The van der Waals surface area contributed by atoms with E-state index in [4.69, 9.17) is 21.6 Å². The summed E-state index contributed by atoms with van der Waals surface area (Å²) in [6.07, 6.45) is 4.97. The Morgan fingerprint density at radius 2 is 2.00 bits per heavy atom. The van der Waals surface area contributed by atoms with Crippen molar-refractivity contribution in [3.63, 3.8) is 0 Å². The van der Waals surface area contributed by atoms with E-state index in [1.54, 1.807) is 37.8 Å². The Balaban J connectivity index is 2.52. The summed E-state index contributed by atoms with van der Waals surface area (Å²) in [4.78, 5) is 4.06. The van der Waals surface area contributed by atoms with Crippen molar-refractivity contribution < 1.29 is 4.74 Å². The number of nitrogens with zero attached hydrogens (tertiary/aromatic N) is 2. The molecule has 2 rings (SSSR count). The molecule has 0 fully saturated rings. The smallest absolute Gasteiger partial charge is 0.136 e. The van der Waals surface area contributed by atoms with Crippen molar-refractivity contribution in [2.45, 2.75) is 0 Å². The summed E-state index contributed by atoms with van der Waals surface area (Å²) < 4.78 is 4.92. The molecule has 0 unspecified atom stereocenters. The van der Waals surface area contributed by atoms with Crippen LogP contribution in [0, 0.1) is 11.3 Å². The van der Waals surface area contributed by atoms with Gasteiger partial charge in [-0.05, 0) is 35.4 Å². The number of rotatable bonds is 3. The number of hydrogen-bond acceptors (Lipinski definition) is 3. The molecule has 0 aliphatic rings. The number of benzene rings is 1. The van der Waals surface area contributed by atoms with Gasteiger partial charge in [-0.2, -0.15) is 5.26 Å². The minimum atomic E-state index is 0.412. The summed E-state index contributed by atoms with van der Waals surface area (Å²) in [5, 5.41) is 9.22. The molecule has 0 bridgehead atoms. The Labute approximate surface area is 116 Å². The summed E-state index contributed by atoms with van der Waals surface area (Å²) in [7, 11) is 1.57. The lowest BCUT2D eigenvalue weighted by molar-refractivity contribution is 0.341. The van der Waals surface area contributed by atoms with Crippen LogP contribution in [-0.4, -0.2) is 12.1 Å². The SMILES string of the molecule is CO/C=C/c1c(-c2ccc(C#N)cc2)ccnc1Cl. The first-order chi connectivity index (χ1) is 9.26. The molecule has 0 saturated carbocycles. The van der Waals surface area contributed by atoms with Crippen LogP contribution in [0.5, 0.6) is 0 Å². The van der Waals surface area contributed by atoms with Crippen molar-refractivity contribution >= 4 is 17.7 Å². The third-order valence-corrected chi connectivity index (χ3v) is 2.94. The molecule has 2 aromatic rings. The fourth-order valence-corrected chi connectivity index (χ4v) is 1.94. The summed E-state index contributed by atoms with van der Waals surface area (Å²) >= 11 is 6.10. The van der Waals surface area contributed by atoms with Gasteiger partial charge in [0.1, 0.15) is 5.15 Å². The molecule has 0 aliphatic carbocycles. The van der Waals surface area contributed by atoms with Gasteiger partial charge < -0.3 is 4.74 Å². The maximum Gasteiger partial charge on any atom is 0.136 e. The lowest BCUT2D eigenvalue weighted by Gasteiger charge is -2.07. The molecule has 1 aromatic heterocycles. The van der Waals surface area contributed by atoms with Gasteiger partial charge in [0.15, 0.2) is 0 Å². The van der Waals surface area contributed by atoms with Gasteiger partial charge in [0, 0.05) is 11.8 Å². The van der Waals surface area contributed by atoms with E-state index in [9.17, 15) is 0 Å². The topological polar surface area (TPSA) is 45.9 Å². The standard InChI is InChI=1S/C15H11ClN2O/c1-19-9-7-14-13(6-8-18-15(14)16)12-4-2-11(10-17)3-5-12/h2-9H,1H3/b9-7+. The Morgan fingerprint density at radius 3 is 2.63 bits per heavy atom. The van der Waals surface area contributed by atoms with Crippen LogP contribution >= 0.6 is 11.6 Å². The summed E-state index contributed by atoms with van der Waals surface area (Å²) in [6.45, 7) is 0. The Morgan fingerprint density at radius 1 is 1.26 bits per heavy atom. The molecule has 0 N–H and O–H groups in total. The van der Waals surface area contributed by atoms with Gasteiger partial charge in [-0.25, -0.2) is 4.98 Å². The third kappa shape index (κ3) is 2.93. The molecule has 0 aliphatic heterocycles. The lowest BCUT2D eigenvalue weighted by Crippen LogP contribution is -1.88. The number of nitriles is 1. The van der Waals surface area contributed by atoms with E-state index in [1.165, 1.54) is 0 Å². The van der Waals surface area contributed by atoms with Crippen LogP contribution < -0.4 is 0 Å². The van der Waals surface area contributed by atoms with E-state index in [0.29, 0.717) is 10.7 Å². The summed E-state index contributed by atoms with van der Waals surface area (Å²) in [5.74, 6) is 0. The van der Waals surface area contributed by atoms with Gasteiger partial charge in [-0.15, -0.1) is 0 Å². The number of hydrogen-bond donors (Lipinski definition) is 0. The summed E-state index contributed by atoms with van der Waals surface area (Å²) in [5.41, 5.74) is 3.32. The molecular weight excluding hydrogens is 260 g/mol. The average Bonchev–Trinajstić information content (AvgIpc) is 2.46. The van der Waals surface area contributed by atoms with E-state index >= 15 is 0 Å². The molecule has 1 aromatic carbocycles. The predicted octanol–water partition coefficient (Wildman–Crippen LogP) is 3.89. The van der Waals surface area contributed by atoms with Crippen LogP contribution in [0.3, 0.4) is 0 Å². The third-order valence-electron chi connectivity index (χ3n) is 2.64. The second-order valence-corrected chi connectivity index (χ2v) is 4.15. The van der Waals surface area contributed by atoms with Gasteiger partial charge in [-0.3, -0.25) is 0 Å². The number of aromatic nitrogens is 1. The number of ether oxygens (including phenoxy) is 1. The van der Waals surface area contributed by atoms with Gasteiger partial charge in [0.05, 0.1) is 25.0 Å². The van der Waals surface area contributed by atoms with Crippen molar-refractivity contribution in [1.82, 2.24) is 4.98 Å². The van der Waals surface area contributed by atoms with Crippen molar-refractivity contribution in [1.29, 1.82) is 5.26 Å². The Kier molecular flexibility index (Phi) is 4.17. The minimum absolute atomic E-state index is 0.412. The highest BCUT2D eigenvalue weighted by Gasteiger charge is 2.07. The van der Waals surface area contributed by atoms with E-state index in [-0.39, 0.29) is 0 Å². The minimum Gasteiger partial charge on any atom is -0.504 e. The highest BCUT2D eigenvalue weighted by molar-refractivity contribution is 6.31. The Hall–Kier alpha value is -2.31. The molecular formula is C15H11ClN2O. The van der Waals surface area contributed by atoms with Gasteiger partial charge in [0.25, 0.3) is 0 Å². The number of halogens is 1. The molecule has 0 radical (unpaired) electrons. The molecule has 0 amide bonds. The van der Waals surface area contributed by atoms with Crippen molar-refractivity contribution in [3.05, 3.63) is 59.1 Å². The monoisotopic (exact) mass is 270 g/mol. The van der Waals surface area contributed by atoms with Gasteiger partial charge in [0.2, 0.25) is 0 Å². The zero-order chi connectivity index (χ0) is 13.7. The van der Waals surface area contributed by atoms with Crippen LogP contribution in [0.2, 0.25) is 5.15 Å². The van der Waals surface area contributed by atoms with Gasteiger partial charge >= 0.3 is 0 Å². The molecule has 94 valence electrons. The van der Waals surface area contributed by atoms with Crippen LogP contribution in [-0.2, 0) is 4.74 Å². The maximum absolute atomic E-state index is 8.81. The van der Waals surface area contributed by atoms with Gasteiger partial charge in [-0.1, -0.05) is 23.7 Å². The zero-order valence-electron chi connectivity index (χ0n) is 10.3. The van der Waals surface area contributed by atoms with Crippen LogP contribution in [0.25, 0.3) is 17.2 Å². The first kappa shape index (κ1) is 13.1. The normalized spacial score (nSPS) is 10.4. The molecule has 3 nitrogen and oxygen atoms in total. The van der Waals surface area contributed by atoms with Crippen molar-refractivity contribution in [3.8, 4) is 17.2 Å². The van der Waals surface area contributed by atoms with Crippen LogP contribution in [0.15, 0.2) is 42.8 Å². The van der Waals surface area contributed by atoms with Crippen molar-refractivity contribution in [2.75, 3.05) is 7.11 Å². The molecule has 0 spiro atoms. The zero-order valence-corrected chi connectivity index (χ0v) is 11.1. The second kappa shape index (κ2) is 6.03. The largest absolute Gasteiger partial charge is 0.504 e.